The fourth-order valence-corrected chi connectivity index (χ4v) is 3.63. The van der Waals surface area contributed by atoms with E-state index in [0.29, 0.717) is 31.5 Å². The Labute approximate surface area is 138 Å². The molecule has 1 aromatic heterocycles. The number of thiocarbonyl (C=S) groups is 1. The molecule has 0 radical (unpaired) electrons. The van der Waals surface area contributed by atoms with E-state index in [4.69, 9.17) is 21.7 Å². The highest BCUT2D eigenvalue weighted by Gasteiger charge is 2.14. The van der Waals surface area contributed by atoms with Gasteiger partial charge in [0.25, 0.3) is 5.17 Å². The van der Waals surface area contributed by atoms with Gasteiger partial charge in [-0.3, -0.25) is 9.36 Å². The van der Waals surface area contributed by atoms with Crippen LogP contribution in [0.4, 0.5) is 0 Å². The first-order valence-electron chi connectivity index (χ1n) is 7.33. The van der Waals surface area contributed by atoms with Gasteiger partial charge in [0.2, 0.25) is 0 Å². The molecular weight excluding hydrogens is 320 g/mol. The summed E-state index contributed by atoms with van der Waals surface area (Å²) in [5.41, 5.74) is 0.994. The Morgan fingerprint density at radius 2 is 2.09 bits per heavy atom. The van der Waals surface area contributed by atoms with E-state index in [0.717, 1.165) is 29.7 Å². The molecule has 0 unspecified atom stereocenters. The molecule has 1 aliphatic rings. The SMILES string of the molecule is O=c1sc2ccccc2n1CCCOC(=S)N1CCOCC1. The Bertz CT molecular complexity index is 704. The highest BCUT2D eigenvalue weighted by molar-refractivity contribution is 7.80. The maximum absolute atomic E-state index is 12.0. The van der Waals surface area contributed by atoms with Gasteiger partial charge in [0, 0.05) is 19.6 Å². The number of nitrogens with zero attached hydrogens (tertiary/aromatic N) is 2. The number of para-hydroxylation sites is 1. The Morgan fingerprint density at radius 3 is 2.91 bits per heavy atom. The van der Waals surface area contributed by atoms with Crippen LogP contribution in [0.25, 0.3) is 10.2 Å². The van der Waals surface area contributed by atoms with Crippen LogP contribution < -0.4 is 4.87 Å². The van der Waals surface area contributed by atoms with Crippen LogP contribution in [-0.2, 0) is 16.0 Å². The number of ether oxygens (including phenoxy) is 2. The average Bonchev–Trinajstić information content (AvgIpc) is 2.88. The van der Waals surface area contributed by atoms with Crippen molar-refractivity contribution in [1.29, 1.82) is 0 Å². The first-order chi connectivity index (χ1) is 10.8. The largest absolute Gasteiger partial charge is 0.471 e. The van der Waals surface area contributed by atoms with E-state index in [1.165, 1.54) is 11.3 Å². The first-order valence-corrected chi connectivity index (χ1v) is 8.56. The van der Waals surface area contributed by atoms with Gasteiger partial charge in [-0.2, -0.15) is 0 Å². The van der Waals surface area contributed by atoms with Gasteiger partial charge in [-0.1, -0.05) is 23.5 Å². The number of aromatic nitrogens is 1. The van der Waals surface area contributed by atoms with Crippen molar-refractivity contribution in [3.05, 3.63) is 33.9 Å². The van der Waals surface area contributed by atoms with Gasteiger partial charge in [-0.25, -0.2) is 0 Å². The molecule has 0 saturated carbocycles. The van der Waals surface area contributed by atoms with Gasteiger partial charge in [0.15, 0.2) is 0 Å². The molecule has 2 aromatic rings. The van der Waals surface area contributed by atoms with Crippen LogP contribution in [0.15, 0.2) is 29.1 Å². The molecule has 0 aliphatic carbocycles. The van der Waals surface area contributed by atoms with Gasteiger partial charge < -0.3 is 14.4 Å². The molecule has 1 aliphatic heterocycles. The van der Waals surface area contributed by atoms with Crippen molar-refractivity contribution in [2.24, 2.45) is 0 Å². The van der Waals surface area contributed by atoms with Gasteiger partial charge >= 0.3 is 4.87 Å². The lowest BCUT2D eigenvalue weighted by Crippen LogP contribution is -2.41. The lowest BCUT2D eigenvalue weighted by Gasteiger charge is -2.28. The van der Waals surface area contributed by atoms with Gasteiger partial charge in [-0.05, 0) is 30.8 Å². The van der Waals surface area contributed by atoms with Crippen LogP contribution in [-0.4, -0.2) is 47.6 Å². The number of fused-ring (bicyclic) bond motifs is 1. The number of thiazole rings is 1. The third-order valence-corrected chi connectivity index (χ3v) is 4.93. The minimum atomic E-state index is 0.0805. The standard InChI is InChI=1S/C15H18N2O3S2/c18-14-17(12-4-1-2-5-13(12)22-14)6-3-9-20-15(21)16-7-10-19-11-8-16/h1-2,4-5H,3,6-11H2. The molecule has 1 aromatic carbocycles. The number of hydrogen-bond acceptors (Lipinski definition) is 5. The maximum Gasteiger partial charge on any atom is 0.308 e. The summed E-state index contributed by atoms with van der Waals surface area (Å²) in [5, 5.41) is 0.533. The minimum Gasteiger partial charge on any atom is -0.471 e. The van der Waals surface area contributed by atoms with E-state index >= 15 is 0 Å². The van der Waals surface area contributed by atoms with Crippen molar-refractivity contribution in [2.75, 3.05) is 32.9 Å². The van der Waals surface area contributed by atoms with E-state index in [1.54, 1.807) is 4.57 Å². The number of hydrogen-bond donors (Lipinski definition) is 0. The fraction of sp³-hybridized carbons (Fsp3) is 0.467. The summed E-state index contributed by atoms with van der Waals surface area (Å²) in [6.45, 7) is 4.13. The molecule has 7 heteroatoms. The van der Waals surface area contributed by atoms with E-state index in [-0.39, 0.29) is 4.87 Å². The molecule has 5 nitrogen and oxygen atoms in total. The Balaban J connectivity index is 1.51. The van der Waals surface area contributed by atoms with E-state index in [2.05, 4.69) is 0 Å². The molecule has 2 heterocycles. The molecule has 22 heavy (non-hydrogen) atoms. The molecule has 0 atom stereocenters. The molecule has 3 rings (SSSR count). The lowest BCUT2D eigenvalue weighted by atomic mass is 10.3. The first kappa shape index (κ1) is 15.5. The highest BCUT2D eigenvalue weighted by Crippen LogP contribution is 2.16. The average molecular weight is 338 g/mol. The molecule has 0 N–H and O–H groups in total. The Morgan fingerprint density at radius 1 is 1.32 bits per heavy atom. The zero-order valence-electron chi connectivity index (χ0n) is 12.2. The zero-order chi connectivity index (χ0) is 15.4. The molecular formula is C15H18N2O3S2. The summed E-state index contributed by atoms with van der Waals surface area (Å²) in [7, 11) is 0. The summed E-state index contributed by atoms with van der Waals surface area (Å²) in [6.07, 6.45) is 0.755. The van der Waals surface area contributed by atoms with Crippen LogP contribution in [0.1, 0.15) is 6.42 Å². The van der Waals surface area contributed by atoms with Crippen molar-refractivity contribution in [3.63, 3.8) is 0 Å². The maximum atomic E-state index is 12.0. The summed E-state index contributed by atoms with van der Waals surface area (Å²) >= 11 is 6.56. The topological polar surface area (TPSA) is 43.7 Å². The van der Waals surface area contributed by atoms with Crippen molar-refractivity contribution >= 4 is 38.9 Å². The van der Waals surface area contributed by atoms with Crippen molar-refractivity contribution in [2.45, 2.75) is 13.0 Å². The van der Waals surface area contributed by atoms with Gasteiger partial charge in [0.1, 0.15) is 0 Å². The van der Waals surface area contributed by atoms with Crippen LogP contribution in [0.5, 0.6) is 0 Å². The highest BCUT2D eigenvalue weighted by atomic mass is 32.1. The number of aryl methyl sites for hydroxylation is 1. The van der Waals surface area contributed by atoms with Gasteiger partial charge in [-0.15, -0.1) is 0 Å². The summed E-state index contributed by atoms with van der Waals surface area (Å²) < 4.78 is 13.7. The Hall–Kier alpha value is -1.44. The van der Waals surface area contributed by atoms with E-state index in [1.807, 2.05) is 29.2 Å². The van der Waals surface area contributed by atoms with Crippen LogP contribution in [0, 0.1) is 0 Å². The van der Waals surface area contributed by atoms with Crippen LogP contribution in [0.3, 0.4) is 0 Å². The molecule has 0 amide bonds. The number of rotatable bonds is 4. The van der Waals surface area contributed by atoms with Gasteiger partial charge in [0.05, 0.1) is 30.0 Å². The summed E-state index contributed by atoms with van der Waals surface area (Å²) in [6, 6.07) is 7.86. The van der Waals surface area contributed by atoms with Crippen molar-refractivity contribution in [3.8, 4) is 0 Å². The molecule has 1 fully saturated rings. The molecule has 0 bridgehead atoms. The normalized spacial score (nSPS) is 15.2. The molecule has 1 saturated heterocycles. The second-order valence-corrected chi connectivity index (χ2v) is 6.40. The minimum absolute atomic E-state index is 0.0805. The lowest BCUT2D eigenvalue weighted by molar-refractivity contribution is 0.0572. The van der Waals surface area contributed by atoms with E-state index < -0.39 is 0 Å². The van der Waals surface area contributed by atoms with Crippen molar-refractivity contribution < 1.29 is 9.47 Å². The number of morpholine rings is 1. The number of benzene rings is 1. The predicted molar refractivity (Wildman–Crippen MR) is 91.6 cm³/mol. The third kappa shape index (κ3) is 3.48. The predicted octanol–water partition coefficient (Wildman–Crippen LogP) is 2.09. The fourth-order valence-electron chi connectivity index (χ4n) is 2.45. The quantitative estimate of drug-likeness (QED) is 0.631. The van der Waals surface area contributed by atoms with Crippen LogP contribution >= 0.6 is 23.6 Å². The smallest absolute Gasteiger partial charge is 0.308 e. The zero-order valence-corrected chi connectivity index (χ0v) is 13.8. The second-order valence-electron chi connectivity index (χ2n) is 5.05. The Kier molecular flexibility index (Phi) is 5.07. The third-order valence-electron chi connectivity index (χ3n) is 3.59. The summed E-state index contributed by atoms with van der Waals surface area (Å²) in [5.74, 6) is 0. The van der Waals surface area contributed by atoms with Crippen LogP contribution in [0.2, 0.25) is 0 Å². The molecule has 0 spiro atoms. The molecule has 118 valence electrons. The van der Waals surface area contributed by atoms with Crippen molar-refractivity contribution in [1.82, 2.24) is 9.47 Å². The van der Waals surface area contributed by atoms with E-state index in [9.17, 15) is 4.79 Å². The summed E-state index contributed by atoms with van der Waals surface area (Å²) in [4.78, 5) is 14.1. The second kappa shape index (κ2) is 7.21. The monoisotopic (exact) mass is 338 g/mol.